The van der Waals surface area contributed by atoms with Gasteiger partial charge in [-0.05, 0) is 61.0 Å². The maximum Gasteiger partial charge on any atom is 0.416 e. The van der Waals surface area contributed by atoms with E-state index in [-0.39, 0.29) is 5.82 Å². The van der Waals surface area contributed by atoms with Gasteiger partial charge >= 0.3 is 6.18 Å². The van der Waals surface area contributed by atoms with Crippen LogP contribution in [0.5, 0.6) is 0 Å². The van der Waals surface area contributed by atoms with Gasteiger partial charge in [0.2, 0.25) is 0 Å². The summed E-state index contributed by atoms with van der Waals surface area (Å²) in [6.45, 7) is 1.78. The lowest BCUT2D eigenvalue weighted by Crippen LogP contribution is -2.04. The number of alkyl halides is 3. The molecule has 3 heterocycles. The molecule has 0 unspecified atom stereocenters. The minimum Gasteiger partial charge on any atom is -0.309 e. The van der Waals surface area contributed by atoms with E-state index in [0.717, 1.165) is 17.7 Å². The zero-order valence-corrected chi connectivity index (χ0v) is 16.8. The molecule has 0 aliphatic carbocycles. The molecule has 0 spiro atoms. The SMILES string of the molecule is Cc1nn2c(-c3ccc(F)cc3)cc(-n3cccc3)nc2c1-c1ccc(C(F)(F)F)cc1. The third kappa shape index (κ3) is 3.43. The van der Waals surface area contributed by atoms with Gasteiger partial charge in [-0.25, -0.2) is 13.9 Å². The molecule has 8 heteroatoms. The highest BCUT2D eigenvalue weighted by molar-refractivity contribution is 5.82. The van der Waals surface area contributed by atoms with Crippen molar-refractivity contribution in [3.8, 4) is 28.2 Å². The number of benzene rings is 2. The Morgan fingerprint density at radius 3 is 2.09 bits per heavy atom. The van der Waals surface area contributed by atoms with Crippen LogP contribution >= 0.6 is 0 Å². The Kier molecular flexibility index (Phi) is 4.58. The Morgan fingerprint density at radius 1 is 0.844 bits per heavy atom. The lowest BCUT2D eigenvalue weighted by molar-refractivity contribution is -0.137. The van der Waals surface area contributed by atoms with Crippen molar-refractivity contribution in [1.82, 2.24) is 19.2 Å². The minimum absolute atomic E-state index is 0.355. The van der Waals surface area contributed by atoms with Gasteiger partial charge in [0, 0.05) is 29.6 Å². The van der Waals surface area contributed by atoms with E-state index in [9.17, 15) is 17.6 Å². The van der Waals surface area contributed by atoms with Crippen LogP contribution in [0.4, 0.5) is 17.6 Å². The number of rotatable bonds is 3. The van der Waals surface area contributed by atoms with Crippen molar-refractivity contribution in [3.63, 3.8) is 0 Å². The number of hydrogen-bond acceptors (Lipinski definition) is 2. The summed E-state index contributed by atoms with van der Waals surface area (Å²) in [5.74, 6) is 0.252. The normalized spacial score (nSPS) is 11.9. The zero-order valence-electron chi connectivity index (χ0n) is 16.8. The number of hydrogen-bond donors (Lipinski definition) is 0. The molecule has 0 bridgehead atoms. The summed E-state index contributed by atoms with van der Waals surface area (Å²) < 4.78 is 56.0. The molecule has 0 fully saturated rings. The molecule has 5 rings (SSSR count). The first-order valence-corrected chi connectivity index (χ1v) is 9.78. The fourth-order valence-electron chi connectivity index (χ4n) is 3.72. The predicted molar refractivity (Wildman–Crippen MR) is 113 cm³/mol. The first-order chi connectivity index (χ1) is 15.3. The Morgan fingerprint density at radius 2 is 1.47 bits per heavy atom. The van der Waals surface area contributed by atoms with Gasteiger partial charge in [-0.2, -0.15) is 18.3 Å². The molecule has 0 N–H and O–H groups in total. The number of halogens is 4. The topological polar surface area (TPSA) is 35.1 Å². The van der Waals surface area contributed by atoms with Crippen LogP contribution in [-0.4, -0.2) is 19.2 Å². The fraction of sp³-hybridized carbons (Fsp3) is 0.0833. The maximum atomic E-state index is 13.5. The summed E-state index contributed by atoms with van der Waals surface area (Å²) in [6, 6.07) is 16.5. The number of fused-ring (bicyclic) bond motifs is 1. The molecule has 0 aliphatic heterocycles. The molecule has 0 radical (unpaired) electrons. The molecule has 0 amide bonds. The molecule has 3 aromatic heterocycles. The fourth-order valence-corrected chi connectivity index (χ4v) is 3.72. The standard InChI is InChI=1S/C24H16F4N4/c1-15-22(17-4-8-18(9-5-17)24(26,27)28)23-29-21(31-12-2-3-13-31)14-20(32(23)30-15)16-6-10-19(25)11-7-16/h2-14H,1H3. The highest BCUT2D eigenvalue weighted by Crippen LogP contribution is 2.34. The molecular formula is C24H16F4N4. The smallest absolute Gasteiger partial charge is 0.309 e. The Balaban J connectivity index is 1.76. The van der Waals surface area contributed by atoms with E-state index in [1.54, 1.807) is 23.6 Å². The van der Waals surface area contributed by atoms with Crippen LogP contribution in [0.2, 0.25) is 0 Å². The molecule has 2 aromatic carbocycles. The summed E-state index contributed by atoms with van der Waals surface area (Å²) >= 11 is 0. The van der Waals surface area contributed by atoms with Crippen LogP contribution in [-0.2, 0) is 6.18 Å². The zero-order chi connectivity index (χ0) is 22.5. The highest BCUT2D eigenvalue weighted by Gasteiger charge is 2.30. The van der Waals surface area contributed by atoms with Crippen molar-refractivity contribution >= 4 is 5.65 Å². The molecule has 160 valence electrons. The van der Waals surface area contributed by atoms with Gasteiger partial charge in [-0.3, -0.25) is 0 Å². The number of aryl methyl sites for hydroxylation is 1. The minimum atomic E-state index is -4.41. The summed E-state index contributed by atoms with van der Waals surface area (Å²) in [6.07, 6.45) is -0.729. The van der Waals surface area contributed by atoms with Gasteiger partial charge in [0.1, 0.15) is 11.6 Å². The molecule has 0 saturated heterocycles. The first kappa shape index (κ1) is 20.0. The van der Waals surface area contributed by atoms with Crippen molar-refractivity contribution in [2.24, 2.45) is 0 Å². The van der Waals surface area contributed by atoms with Crippen LogP contribution in [0.3, 0.4) is 0 Å². The second-order valence-corrected chi connectivity index (χ2v) is 7.37. The molecule has 0 atom stereocenters. The van der Waals surface area contributed by atoms with Crippen LogP contribution in [0.15, 0.2) is 79.1 Å². The maximum absolute atomic E-state index is 13.5. The lowest BCUT2D eigenvalue weighted by atomic mass is 10.0. The Labute approximate surface area is 180 Å². The summed E-state index contributed by atoms with van der Waals surface area (Å²) in [7, 11) is 0. The van der Waals surface area contributed by atoms with E-state index in [1.165, 1.54) is 24.3 Å². The first-order valence-electron chi connectivity index (χ1n) is 9.78. The molecule has 0 saturated carbocycles. The van der Waals surface area contributed by atoms with E-state index in [0.29, 0.717) is 34.0 Å². The van der Waals surface area contributed by atoms with Crippen LogP contribution in [0, 0.1) is 12.7 Å². The van der Waals surface area contributed by atoms with Gasteiger partial charge in [0.15, 0.2) is 5.65 Å². The lowest BCUT2D eigenvalue weighted by Gasteiger charge is -2.11. The third-order valence-electron chi connectivity index (χ3n) is 5.26. The Bertz CT molecular complexity index is 1400. The molecule has 4 nitrogen and oxygen atoms in total. The van der Waals surface area contributed by atoms with E-state index in [4.69, 9.17) is 4.98 Å². The van der Waals surface area contributed by atoms with Crippen molar-refractivity contribution in [2.75, 3.05) is 0 Å². The van der Waals surface area contributed by atoms with Gasteiger partial charge in [0.25, 0.3) is 0 Å². The second-order valence-electron chi connectivity index (χ2n) is 7.37. The van der Waals surface area contributed by atoms with E-state index < -0.39 is 11.7 Å². The Hall–Kier alpha value is -3.94. The van der Waals surface area contributed by atoms with Crippen molar-refractivity contribution in [3.05, 3.63) is 96.2 Å². The quantitative estimate of drug-likeness (QED) is 0.310. The largest absolute Gasteiger partial charge is 0.416 e. The van der Waals surface area contributed by atoms with Crippen LogP contribution < -0.4 is 0 Å². The molecular weight excluding hydrogens is 420 g/mol. The van der Waals surface area contributed by atoms with Gasteiger partial charge < -0.3 is 4.57 Å². The second kappa shape index (κ2) is 7.33. The summed E-state index contributed by atoms with van der Waals surface area (Å²) in [5.41, 5.74) is 3.01. The highest BCUT2D eigenvalue weighted by atomic mass is 19.4. The summed E-state index contributed by atoms with van der Waals surface area (Å²) in [5, 5.41) is 4.61. The third-order valence-corrected chi connectivity index (χ3v) is 5.26. The predicted octanol–water partition coefficient (Wildman–Crippen LogP) is 6.32. The van der Waals surface area contributed by atoms with Gasteiger partial charge in [-0.1, -0.05) is 12.1 Å². The monoisotopic (exact) mass is 436 g/mol. The summed E-state index contributed by atoms with van der Waals surface area (Å²) in [4.78, 5) is 4.76. The van der Waals surface area contributed by atoms with Crippen molar-refractivity contribution in [1.29, 1.82) is 0 Å². The molecule has 0 aliphatic rings. The van der Waals surface area contributed by atoms with Crippen molar-refractivity contribution < 1.29 is 17.6 Å². The average Bonchev–Trinajstić information content (AvgIpc) is 3.40. The van der Waals surface area contributed by atoms with E-state index in [1.807, 2.05) is 35.2 Å². The molecule has 32 heavy (non-hydrogen) atoms. The molecule has 5 aromatic rings. The van der Waals surface area contributed by atoms with Crippen molar-refractivity contribution in [2.45, 2.75) is 13.1 Å². The number of nitrogens with zero attached hydrogens (tertiary/aromatic N) is 4. The van der Waals surface area contributed by atoms with E-state index in [2.05, 4.69) is 5.10 Å². The number of aromatic nitrogens is 4. The van der Waals surface area contributed by atoms with Crippen LogP contribution in [0.1, 0.15) is 11.3 Å². The van der Waals surface area contributed by atoms with Gasteiger partial charge in [0.05, 0.1) is 17.0 Å². The van der Waals surface area contributed by atoms with E-state index >= 15 is 0 Å². The van der Waals surface area contributed by atoms with Gasteiger partial charge in [-0.15, -0.1) is 0 Å². The van der Waals surface area contributed by atoms with Crippen LogP contribution in [0.25, 0.3) is 33.8 Å². The average molecular weight is 436 g/mol.